The van der Waals surface area contributed by atoms with E-state index in [1.54, 1.807) is 0 Å². The first-order chi connectivity index (χ1) is 24.3. The van der Waals surface area contributed by atoms with Gasteiger partial charge in [0.25, 0.3) is 0 Å². The van der Waals surface area contributed by atoms with E-state index < -0.39 is 0 Å². The van der Waals surface area contributed by atoms with Crippen LogP contribution in [0, 0.1) is 0 Å². The van der Waals surface area contributed by atoms with Crippen molar-refractivity contribution in [3.05, 3.63) is 170 Å². The second kappa shape index (κ2) is 10.2. The molecule has 1 heterocycles. The van der Waals surface area contributed by atoms with Crippen molar-refractivity contribution >= 4 is 85.4 Å². The van der Waals surface area contributed by atoms with Crippen LogP contribution in [0.5, 0.6) is 0 Å². The highest BCUT2D eigenvalue weighted by molar-refractivity contribution is 7.26. The van der Waals surface area contributed by atoms with E-state index in [2.05, 4.69) is 170 Å². The van der Waals surface area contributed by atoms with Crippen LogP contribution in [0.15, 0.2) is 170 Å². The Balaban J connectivity index is 1.13. The van der Waals surface area contributed by atoms with E-state index in [0.717, 1.165) is 0 Å². The zero-order valence-electron chi connectivity index (χ0n) is 26.6. The third-order valence-electron chi connectivity index (χ3n) is 10.6. The lowest BCUT2D eigenvalue weighted by atomic mass is 9.84. The highest BCUT2D eigenvalue weighted by atomic mass is 32.1. The predicted octanol–water partition coefficient (Wildman–Crippen LogP) is 14.3. The molecule has 0 fully saturated rings. The van der Waals surface area contributed by atoms with Crippen LogP contribution >= 0.6 is 11.3 Å². The molecule has 1 heteroatoms. The molecule has 0 bridgehead atoms. The molecule has 49 heavy (non-hydrogen) atoms. The quantitative estimate of drug-likeness (QED) is 0.134. The van der Waals surface area contributed by atoms with E-state index in [0.29, 0.717) is 0 Å². The summed E-state index contributed by atoms with van der Waals surface area (Å²) in [6.45, 7) is 0. The average Bonchev–Trinajstić information content (AvgIpc) is 3.56. The largest absolute Gasteiger partial charge is 0.135 e. The van der Waals surface area contributed by atoms with Gasteiger partial charge in [0.2, 0.25) is 0 Å². The molecule has 0 spiro atoms. The van der Waals surface area contributed by atoms with E-state index in [9.17, 15) is 0 Å². The summed E-state index contributed by atoms with van der Waals surface area (Å²) in [7, 11) is 0. The number of rotatable bonds is 3. The molecule has 0 atom stereocenters. The lowest BCUT2D eigenvalue weighted by Gasteiger charge is -2.19. The Morgan fingerprint density at radius 2 is 0.735 bits per heavy atom. The van der Waals surface area contributed by atoms with Crippen molar-refractivity contribution in [1.82, 2.24) is 0 Å². The van der Waals surface area contributed by atoms with Crippen LogP contribution in [0.2, 0.25) is 0 Å². The summed E-state index contributed by atoms with van der Waals surface area (Å²) in [5, 5.41) is 15.9. The number of fused-ring (bicyclic) bond motifs is 9. The highest BCUT2D eigenvalue weighted by Gasteiger charge is 2.18. The first-order valence-corrected chi connectivity index (χ1v) is 17.7. The molecule has 0 radical (unpaired) electrons. The fourth-order valence-corrected chi connectivity index (χ4v) is 9.60. The second-order valence-electron chi connectivity index (χ2n) is 13.2. The maximum Gasteiger partial charge on any atom is 0.0433 e. The van der Waals surface area contributed by atoms with Crippen LogP contribution in [0.25, 0.3) is 107 Å². The summed E-state index contributed by atoms with van der Waals surface area (Å²) >= 11 is 1.89. The van der Waals surface area contributed by atoms with Crippen molar-refractivity contribution in [2.45, 2.75) is 0 Å². The smallest absolute Gasteiger partial charge is 0.0433 e. The number of hydrogen-bond donors (Lipinski definition) is 0. The molecule has 0 aliphatic rings. The third kappa shape index (κ3) is 3.91. The summed E-state index contributed by atoms with van der Waals surface area (Å²) in [5.74, 6) is 0. The summed E-state index contributed by atoms with van der Waals surface area (Å²) < 4.78 is 2.67. The van der Waals surface area contributed by atoms with Gasteiger partial charge in [-0.15, -0.1) is 11.3 Å². The minimum atomic E-state index is 1.23. The normalized spacial score (nSPS) is 12.1. The molecule has 0 saturated carbocycles. The van der Waals surface area contributed by atoms with E-state index in [1.165, 1.54) is 107 Å². The zero-order valence-corrected chi connectivity index (χ0v) is 27.4. The Labute approximate surface area is 287 Å². The van der Waals surface area contributed by atoms with Crippen LogP contribution in [-0.4, -0.2) is 0 Å². The summed E-state index contributed by atoms with van der Waals surface area (Å²) in [4.78, 5) is 0. The standard InChI is InChI=1S/C48H28S/c1-2-11-29(12-3-1)34-19-9-22-41-42-26-32(23-24-45(42)49-48(34)41)30-13-8-14-31(25-30)33-27-43-37-17-6-4-15-35(37)39-20-10-21-40-36-16-5-7-18-38(36)44(28-33)47(43)46(39)40/h1-28H. The Morgan fingerprint density at radius 1 is 0.265 bits per heavy atom. The fraction of sp³-hybridized carbons (Fsp3) is 0. The Hall–Kier alpha value is -6.02. The molecule has 0 aliphatic carbocycles. The molecular weight excluding hydrogens is 609 g/mol. The summed E-state index contributed by atoms with van der Waals surface area (Å²) in [5.41, 5.74) is 7.53. The van der Waals surface area contributed by atoms with Gasteiger partial charge in [0, 0.05) is 20.2 Å². The monoisotopic (exact) mass is 636 g/mol. The summed E-state index contributed by atoms with van der Waals surface area (Å²) in [6.07, 6.45) is 0. The van der Waals surface area contributed by atoms with Gasteiger partial charge >= 0.3 is 0 Å². The van der Waals surface area contributed by atoms with Crippen LogP contribution in [0.3, 0.4) is 0 Å². The van der Waals surface area contributed by atoms with Crippen LogP contribution in [-0.2, 0) is 0 Å². The molecule has 1 aromatic heterocycles. The number of benzene rings is 10. The molecular formula is C48H28S. The molecule has 0 saturated heterocycles. The van der Waals surface area contributed by atoms with Crippen molar-refractivity contribution in [2.24, 2.45) is 0 Å². The van der Waals surface area contributed by atoms with Crippen LogP contribution in [0.1, 0.15) is 0 Å². The highest BCUT2D eigenvalue weighted by Crippen LogP contribution is 2.47. The molecule has 10 aromatic carbocycles. The van der Waals surface area contributed by atoms with Gasteiger partial charge in [-0.2, -0.15) is 0 Å². The van der Waals surface area contributed by atoms with Gasteiger partial charge in [-0.05, 0) is 118 Å². The van der Waals surface area contributed by atoms with Gasteiger partial charge in [-0.1, -0.05) is 140 Å². The molecule has 11 aromatic rings. The number of hydrogen-bond acceptors (Lipinski definition) is 1. The first-order valence-electron chi connectivity index (χ1n) is 16.9. The Bertz CT molecular complexity index is 2990. The van der Waals surface area contributed by atoms with Gasteiger partial charge in [-0.3, -0.25) is 0 Å². The maximum atomic E-state index is 2.44. The van der Waals surface area contributed by atoms with Crippen molar-refractivity contribution in [3.63, 3.8) is 0 Å². The molecule has 0 unspecified atom stereocenters. The van der Waals surface area contributed by atoms with Crippen molar-refractivity contribution in [1.29, 1.82) is 0 Å². The SMILES string of the molecule is c1ccc(-c2cccc3c2sc2ccc(-c4cccc(-c5cc6c7ccccc7c7cccc8c9ccccc9c(c5)c6c78)c4)cc23)cc1. The van der Waals surface area contributed by atoms with E-state index in [1.807, 2.05) is 11.3 Å². The molecule has 0 amide bonds. The first kappa shape index (κ1) is 27.0. The van der Waals surface area contributed by atoms with Crippen molar-refractivity contribution in [3.8, 4) is 33.4 Å². The minimum Gasteiger partial charge on any atom is -0.135 e. The van der Waals surface area contributed by atoms with Gasteiger partial charge in [-0.25, -0.2) is 0 Å². The molecule has 0 nitrogen and oxygen atoms in total. The van der Waals surface area contributed by atoms with Crippen molar-refractivity contribution < 1.29 is 0 Å². The van der Waals surface area contributed by atoms with Gasteiger partial charge in [0.1, 0.15) is 0 Å². The predicted molar refractivity (Wildman–Crippen MR) is 214 cm³/mol. The lowest BCUT2D eigenvalue weighted by molar-refractivity contribution is 1.63. The van der Waals surface area contributed by atoms with Gasteiger partial charge < -0.3 is 0 Å². The Morgan fingerprint density at radius 3 is 1.43 bits per heavy atom. The van der Waals surface area contributed by atoms with E-state index >= 15 is 0 Å². The van der Waals surface area contributed by atoms with E-state index in [4.69, 9.17) is 0 Å². The van der Waals surface area contributed by atoms with Crippen molar-refractivity contribution in [2.75, 3.05) is 0 Å². The van der Waals surface area contributed by atoms with Crippen LogP contribution < -0.4 is 0 Å². The Kier molecular flexibility index (Phi) is 5.64. The second-order valence-corrected chi connectivity index (χ2v) is 14.3. The number of thiophene rings is 1. The molecule has 0 aliphatic heterocycles. The summed E-state index contributed by atoms with van der Waals surface area (Å²) in [6, 6.07) is 63.1. The molecule has 226 valence electrons. The van der Waals surface area contributed by atoms with E-state index in [-0.39, 0.29) is 0 Å². The lowest BCUT2D eigenvalue weighted by Crippen LogP contribution is -1.91. The fourth-order valence-electron chi connectivity index (χ4n) is 8.38. The zero-order chi connectivity index (χ0) is 32.1. The maximum absolute atomic E-state index is 2.44. The third-order valence-corrected chi connectivity index (χ3v) is 11.8. The van der Waals surface area contributed by atoms with Gasteiger partial charge in [0.05, 0.1) is 0 Å². The topological polar surface area (TPSA) is 0 Å². The van der Waals surface area contributed by atoms with Gasteiger partial charge in [0.15, 0.2) is 0 Å². The average molecular weight is 637 g/mol. The minimum absolute atomic E-state index is 1.23. The molecule has 11 rings (SSSR count). The molecule has 0 N–H and O–H groups in total. The van der Waals surface area contributed by atoms with Crippen LogP contribution in [0.4, 0.5) is 0 Å².